The topological polar surface area (TPSA) is 54.0 Å². The van der Waals surface area contributed by atoms with Crippen molar-refractivity contribution in [3.05, 3.63) is 66.0 Å². The zero-order chi connectivity index (χ0) is 16.9. The van der Waals surface area contributed by atoms with Crippen molar-refractivity contribution in [3.8, 4) is 11.5 Å². The maximum atomic E-state index is 6.42. The fourth-order valence-corrected chi connectivity index (χ4v) is 2.62. The number of aromatic amines is 1. The summed E-state index contributed by atoms with van der Waals surface area (Å²) in [6.45, 7) is 5.02. The molecule has 0 aliphatic carbocycles. The van der Waals surface area contributed by atoms with Crippen LogP contribution in [0.2, 0.25) is 5.02 Å². The van der Waals surface area contributed by atoms with Gasteiger partial charge in [0.15, 0.2) is 0 Å². The molecule has 0 amide bonds. The predicted molar refractivity (Wildman–Crippen MR) is 95.7 cm³/mol. The number of pyridine rings is 1. The molecule has 0 aliphatic heterocycles. The van der Waals surface area contributed by atoms with Crippen molar-refractivity contribution in [1.82, 2.24) is 15.0 Å². The summed E-state index contributed by atoms with van der Waals surface area (Å²) >= 11 is 6.42. The average molecular weight is 343 g/mol. The Morgan fingerprint density at radius 1 is 1.17 bits per heavy atom. The van der Waals surface area contributed by atoms with Gasteiger partial charge in [-0.15, -0.1) is 0 Å². The first-order valence-electron chi connectivity index (χ1n) is 7.75. The molecule has 2 aromatic heterocycles. The van der Waals surface area contributed by atoms with Crippen LogP contribution in [0.4, 0.5) is 5.69 Å². The first-order chi connectivity index (χ1) is 11.6. The molecule has 0 aliphatic rings. The van der Waals surface area contributed by atoms with Gasteiger partial charge in [0.05, 0.1) is 23.6 Å². The number of rotatable bonds is 6. The number of imidazole rings is 1. The highest BCUT2D eigenvalue weighted by molar-refractivity contribution is 6.32. The van der Waals surface area contributed by atoms with E-state index in [4.69, 9.17) is 16.3 Å². The summed E-state index contributed by atoms with van der Waals surface area (Å²) in [5, 5.41) is 0.569. The molecule has 0 saturated heterocycles. The molecule has 5 nitrogen and oxygen atoms in total. The van der Waals surface area contributed by atoms with E-state index in [1.54, 1.807) is 30.9 Å². The van der Waals surface area contributed by atoms with Gasteiger partial charge in [-0.3, -0.25) is 4.98 Å². The Labute approximate surface area is 146 Å². The molecule has 0 spiro atoms. The third-order valence-electron chi connectivity index (χ3n) is 3.64. The van der Waals surface area contributed by atoms with E-state index < -0.39 is 0 Å². The monoisotopic (exact) mass is 342 g/mol. The van der Waals surface area contributed by atoms with Gasteiger partial charge >= 0.3 is 0 Å². The first-order valence-corrected chi connectivity index (χ1v) is 8.12. The molecule has 24 heavy (non-hydrogen) atoms. The van der Waals surface area contributed by atoms with Crippen LogP contribution in [0.3, 0.4) is 0 Å². The lowest BCUT2D eigenvalue weighted by Crippen LogP contribution is -2.30. The number of anilines is 1. The normalized spacial score (nSPS) is 10.8. The van der Waals surface area contributed by atoms with E-state index in [0.717, 1.165) is 17.9 Å². The molecule has 0 bridgehead atoms. The highest BCUT2D eigenvalue weighted by Crippen LogP contribution is 2.33. The lowest BCUT2D eigenvalue weighted by atomic mass is 10.2. The lowest BCUT2D eigenvalue weighted by molar-refractivity contribution is 0.482. The second-order valence-electron chi connectivity index (χ2n) is 5.70. The van der Waals surface area contributed by atoms with Gasteiger partial charge in [0.25, 0.3) is 0 Å². The lowest BCUT2D eigenvalue weighted by Gasteiger charge is -2.29. The second kappa shape index (κ2) is 7.36. The number of hydrogen-bond acceptors (Lipinski definition) is 4. The molecule has 3 rings (SSSR count). The van der Waals surface area contributed by atoms with Crippen LogP contribution >= 0.6 is 11.6 Å². The molecule has 2 heterocycles. The first kappa shape index (κ1) is 16.3. The minimum atomic E-state index is 0.316. The van der Waals surface area contributed by atoms with E-state index >= 15 is 0 Å². The molecule has 6 heteroatoms. The number of aromatic nitrogens is 3. The van der Waals surface area contributed by atoms with Crippen molar-refractivity contribution in [1.29, 1.82) is 0 Å². The van der Waals surface area contributed by atoms with E-state index in [1.165, 1.54) is 0 Å². The number of nitrogens with zero attached hydrogens (tertiary/aromatic N) is 3. The fourth-order valence-electron chi connectivity index (χ4n) is 2.41. The number of hydrogen-bond donors (Lipinski definition) is 1. The third-order valence-corrected chi connectivity index (χ3v) is 3.94. The molecule has 1 N–H and O–H groups in total. The van der Waals surface area contributed by atoms with Crippen LogP contribution in [0, 0.1) is 0 Å². The van der Waals surface area contributed by atoms with Crippen molar-refractivity contribution in [3.63, 3.8) is 0 Å². The minimum absolute atomic E-state index is 0.316. The number of ether oxygens (including phenoxy) is 1. The second-order valence-corrected chi connectivity index (χ2v) is 6.11. The summed E-state index contributed by atoms with van der Waals surface area (Å²) in [7, 11) is 0. The summed E-state index contributed by atoms with van der Waals surface area (Å²) in [4.78, 5) is 13.4. The summed E-state index contributed by atoms with van der Waals surface area (Å²) in [6, 6.07) is 9.73. The van der Waals surface area contributed by atoms with Crippen LogP contribution in [0.25, 0.3) is 0 Å². The van der Waals surface area contributed by atoms with Crippen LogP contribution in [0.1, 0.15) is 19.5 Å². The fraction of sp³-hybridized carbons (Fsp3) is 0.222. The van der Waals surface area contributed by atoms with Crippen LogP contribution in [0.5, 0.6) is 11.5 Å². The number of benzene rings is 1. The van der Waals surface area contributed by atoms with Gasteiger partial charge in [-0.1, -0.05) is 11.6 Å². The van der Waals surface area contributed by atoms with Gasteiger partial charge in [0.2, 0.25) is 0 Å². The molecule has 0 radical (unpaired) electrons. The molecular weight excluding hydrogens is 324 g/mol. The van der Waals surface area contributed by atoms with Crippen molar-refractivity contribution >= 4 is 17.3 Å². The molecule has 3 aromatic rings. The summed E-state index contributed by atoms with van der Waals surface area (Å²) in [6.07, 6.45) is 6.88. The van der Waals surface area contributed by atoms with E-state index in [1.807, 2.05) is 24.4 Å². The van der Waals surface area contributed by atoms with Gasteiger partial charge in [0.1, 0.15) is 11.5 Å². The quantitative estimate of drug-likeness (QED) is 0.707. The maximum Gasteiger partial charge on any atom is 0.146 e. The molecule has 0 fully saturated rings. The minimum Gasteiger partial charge on any atom is -0.456 e. The third kappa shape index (κ3) is 3.86. The van der Waals surface area contributed by atoms with E-state index in [-0.39, 0.29) is 0 Å². The molecule has 0 unspecified atom stereocenters. The largest absolute Gasteiger partial charge is 0.456 e. The van der Waals surface area contributed by atoms with Gasteiger partial charge in [-0.25, -0.2) is 4.98 Å². The van der Waals surface area contributed by atoms with Crippen molar-refractivity contribution < 1.29 is 4.74 Å². The van der Waals surface area contributed by atoms with Crippen LogP contribution in [0.15, 0.2) is 55.2 Å². The summed E-state index contributed by atoms with van der Waals surface area (Å²) < 4.78 is 5.80. The Hall–Kier alpha value is -2.53. The molecule has 0 saturated carbocycles. The van der Waals surface area contributed by atoms with Crippen LogP contribution in [-0.4, -0.2) is 21.0 Å². The highest BCUT2D eigenvalue weighted by atomic mass is 35.5. The average Bonchev–Trinajstić information content (AvgIpc) is 3.08. The number of H-pyrrole nitrogens is 1. The number of halogens is 1. The summed E-state index contributed by atoms with van der Waals surface area (Å²) in [5.74, 6) is 1.33. The van der Waals surface area contributed by atoms with Gasteiger partial charge in [0, 0.05) is 30.3 Å². The zero-order valence-corrected chi connectivity index (χ0v) is 14.4. The van der Waals surface area contributed by atoms with E-state index in [0.29, 0.717) is 22.6 Å². The zero-order valence-electron chi connectivity index (χ0n) is 13.6. The van der Waals surface area contributed by atoms with E-state index in [9.17, 15) is 0 Å². The van der Waals surface area contributed by atoms with Crippen molar-refractivity contribution in [2.75, 3.05) is 4.90 Å². The Morgan fingerprint density at radius 2 is 1.96 bits per heavy atom. The van der Waals surface area contributed by atoms with Gasteiger partial charge < -0.3 is 14.6 Å². The predicted octanol–water partition coefficient (Wildman–Crippen LogP) is 4.67. The molecule has 124 valence electrons. The van der Waals surface area contributed by atoms with Gasteiger partial charge in [-0.05, 0) is 44.2 Å². The summed E-state index contributed by atoms with van der Waals surface area (Å²) in [5.41, 5.74) is 2.09. The Bertz CT molecular complexity index is 775. The Morgan fingerprint density at radius 3 is 2.58 bits per heavy atom. The van der Waals surface area contributed by atoms with Crippen LogP contribution < -0.4 is 9.64 Å². The number of nitrogens with one attached hydrogen (secondary N) is 1. The van der Waals surface area contributed by atoms with Crippen molar-refractivity contribution in [2.45, 2.75) is 26.4 Å². The smallest absolute Gasteiger partial charge is 0.146 e. The Balaban J connectivity index is 1.81. The van der Waals surface area contributed by atoms with E-state index in [2.05, 4.69) is 33.7 Å². The maximum absolute atomic E-state index is 6.42. The standard InChI is InChI=1S/C18H19ClN4O/c1-13(2)23(11-14-10-21-12-22-14)15-3-4-18(17(19)9-15)24-16-5-7-20-8-6-16/h3-10,12-13H,11H2,1-2H3,(H,21,22). The van der Waals surface area contributed by atoms with Crippen LogP contribution in [-0.2, 0) is 6.54 Å². The molecular formula is C18H19ClN4O. The highest BCUT2D eigenvalue weighted by Gasteiger charge is 2.14. The molecule has 1 aromatic carbocycles. The Kier molecular flexibility index (Phi) is 5.01. The molecule has 0 atom stereocenters. The van der Waals surface area contributed by atoms with Gasteiger partial charge in [-0.2, -0.15) is 0 Å². The SMILES string of the molecule is CC(C)N(Cc1cnc[nH]1)c1ccc(Oc2ccncc2)c(Cl)c1. The van der Waals surface area contributed by atoms with Crippen molar-refractivity contribution in [2.24, 2.45) is 0 Å².